The normalized spacial score (nSPS) is 9.47. The van der Waals surface area contributed by atoms with Crippen molar-refractivity contribution in [2.45, 2.75) is 20.3 Å². The van der Waals surface area contributed by atoms with E-state index in [0.717, 1.165) is 11.1 Å². The first-order valence-corrected chi connectivity index (χ1v) is 4.79. The van der Waals surface area contributed by atoms with Gasteiger partial charge in [0.2, 0.25) is 6.08 Å². The lowest BCUT2D eigenvalue weighted by atomic mass is 10.0. The molecule has 1 aromatic carbocycles. The molecule has 0 bridgehead atoms. The van der Waals surface area contributed by atoms with Crippen LogP contribution >= 0.6 is 0 Å². The molecule has 0 saturated carbocycles. The molecule has 3 heteroatoms. The Morgan fingerprint density at radius 3 is 2.73 bits per heavy atom. The van der Waals surface area contributed by atoms with Crippen LogP contribution in [0.4, 0.5) is 0 Å². The van der Waals surface area contributed by atoms with Crippen LogP contribution < -0.4 is 0 Å². The molecule has 0 saturated heterocycles. The van der Waals surface area contributed by atoms with Gasteiger partial charge >= 0.3 is 0 Å². The van der Waals surface area contributed by atoms with Gasteiger partial charge in [0.15, 0.2) is 5.78 Å². The summed E-state index contributed by atoms with van der Waals surface area (Å²) in [4.78, 5) is 24.9. The minimum Gasteiger partial charge on any atom is -0.294 e. The average Bonchev–Trinajstić information content (AvgIpc) is 2.17. The third kappa shape index (κ3) is 3.15. The fraction of sp³-hybridized carbons (Fsp3) is 0.333. The van der Waals surface area contributed by atoms with E-state index in [1.807, 2.05) is 32.0 Å². The fourth-order valence-corrected chi connectivity index (χ4v) is 1.46. The molecule has 0 radical (unpaired) electrons. The van der Waals surface area contributed by atoms with Gasteiger partial charge in [-0.25, -0.2) is 9.79 Å². The molecule has 0 spiro atoms. The molecule has 0 atom stereocenters. The van der Waals surface area contributed by atoms with E-state index in [9.17, 15) is 9.59 Å². The number of aryl methyl sites for hydroxylation is 2. The fourth-order valence-electron chi connectivity index (χ4n) is 1.46. The maximum atomic E-state index is 11.7. The highest BCUT2D eigenvalue weighted by Crippen LogP contribution is 2.12. The molecular formula is C12H13NO2. The first-order chi connectivity index (χ1) is 7.15. The average molecular weight is 203 g/mol. The first-order valence-electron chi connectivity index (χ1n) is 4.79. The molecule has 0 unspecified atom stereocenters. The minimum absolute atomic E-state index is 0.0199. The van der Waals surface area contributed by atoms with Crippen LogP contribution in [0.15, 0.2) is 23.2 Å². The second-order valence-electron chi connectivity index (χ2n) is 3.46. The van der Waals surface area contributed by atoms with E-state index >= 15 is 0 Å². The quantitative estimate of drug-likeness (QED) is 0.428. The van der Waals surface area contributed by atoms with Crippen molar-refractivity contribution < 1.29 is 9.59 Å². The van der Waals surface area contributed by atoms with Gasteiger partial charge in [-0.05, 0) is 19.4 Å². The molecule has 0 fully saturated rings. The maximum absolute atomic E-state index is 11.7. The van der Waals surface area contributed by atoms with Gasteiger partial charge in [-0.3, -0.25) is 4.79 Å². The molecule has 0 aliphatic heterocycles. The summed E-state index contributed by atoms with van der Waals surface area (Å²) in [6.07, 6.45) is 1.68. The Balaban J connectivity index is 2.77. The number of isocyanates is 1. The van der Waals surface area contributed by atoms with E-state index in [1.165, 1.54) is 6.08 Å². The SMILES string of the molecule is Cc1ccc(C(=O)CCN=C=O)c(C)c1. The van der Waals surface area contributed by atoms with Gasteiger partial charge < -0.3 is 0 Å². The first kappa shape index (κ1) is 11.3. The topological polar surface area (TPSA) is 46.5 Å². The third-order valence-corrected chi connectivity index (χ3v) is 2.20. The van der Waals surface area contributed by atoms with Crippen LogP contribution in [-0.4, -0.2) is 18.4 Å². The number of aliphatic imine (C=N–C) groups is 1. The molecule has 0 aliphatic carbocycles. The number of Topliss-reactive ketones (excluding diaryl/α,β-unsaturated/α-hetero) is 1. The Morgan fingerprint density at radius 2 is 2.13 bits per heavy atom. The van der Waals surface area contributed by atoms with E-state index in [0.29, 0.717) is 5.56 Å². The van der Waals surface area contributed by atoms with E-state index in [1.54, 1.807) is 0 Å². The number of hydrogen-bond acceptors (Lipinski definition) is 3. The van der Waals surface area contributed by atoms with E-state index in [2.05, 4.69) is 4.99 Å². The zero-order valence-electron chi connectivity index (χ0n) is 8.91. The van der Waals surface area contributed by atoms with E-state index in [4.69, 9.17) is 0 Å². The Hall–Kier alpha value is -1.73. The van der Waals surface area contributed by atoms with Crippen molar-refractivity contribution >= 4 is 11.9 Å². The third-order valence-electron chi connectivity index (χ3n) is 2.20. The van der Waals surface area contributed by atoms with E-state index in [-0.39, 0.29) is 18.7 Å². The molecule has 1 rings (SSSR count). The number of carbonyl (C=O) groups is 1. The number of rotatable bonds is 4. The van der Waals surface area contributed by atoms with Gasteiger partial charge in [0.25, 0.3) is 0 Å². The van der Waals surface area contributed by atoms with Crippen molar-refractivity contribution in [1.82, 2.24) is 0 Å². The molecule has 15 heavy (non-hydrogen) atoms. The van der Waals surface area contributed by atoms with Gasteiger partial charge in [0.1, 0.15) is 0 Å². The van der Waals surface area contributed by atoms with Gasteiger partial charge in [-0.1, -0.05) is 23.8 Å². The molecule has 0 N–H and O–H groups in total. The second-order valence-corrected chi connectivity index (χ2v) is 3.46. The number of carbonyl (C=O) groups excluding carboxylic acids is 2. The smallest absolute Gasteiger partial charge is 0.234 e. The molecule has 0 heterocycles. The monoisotopic (exact) mass is 203 g/mol. The molecule has 78 valence electrons. The number of ketones is 1. The van der Waals surface area contributed by atoms with Crippen molar-refractivity contribution in [3.05, 3.63) is 34.9 Å². The summed E-state index contributed by atoms with van der Waals surface area (Å²) in [6, 6.07) is 5.69. The maximum Gasteiger partial charge on any atom is 0.234 e. The Kier molecular flexibility index (Phi) is 3.95. The van der Waals surface area contributed by atoms with E-state index < -0.39 is 0 Å². The van der Waals surface area contributed by atoms with Crippen LogP contribution in [0, 0.1) is 13.8 Å². The Morgan fingerprint density at radius 1 is 1.40 bits per heavy atom. The van der Waals surface area contributed by atoms with Gasteiger partial charge in [0, 0.05) is 12.0 Å². The lowest BCUT2D eigenvalue weighted by Gasteiger charge is -2.04. The largest absolute Gasteiger partial charge is 0.294 e. The summed E-state index contributed by atoms with van der Waals surface area (Å²) in [5.74, 6) is 0.0199. The van der Waals surface area contributed by atoms with Crippen molar-refractivity contribution in [3.8, 4) is 0 Å². The van der Waals surface area contributed by atoms with Gasteiger partial charge in [-0.15, -0.1) is 0 Å². The molecule has 0 amide bonds. The lowest BCUT2D eigenvalue weighted by molar-refractivity contribution is 0.0985. The summed E-state index contributed by atoms with van der Waals surface area (Å²) in [6.45, 7) is 4.11. The van der Waals surface area contributed by atoms with Crippen LogP contribution in [0.25, 0.3) is 0 Å². The molecule has 3 nitrogen and oxygen atoms in total. The van der Waals surface area contributed by atoms with Gasteiger partial charge in [0.05, 0.1) is 6.54 Å². The zero-order chi connectivity index (χ0) is 11.3. The summed E-state index contributed by atoms with van der Waals surface area (Å²) in [5.41, 5.74) is 2.81. The summed E-state index contributed by atoms with van der Waals surface area (Å²) in [5, 5.41) is 0. The Bertz CT molecular complexity index is 418. The van der Waals surface area contributed by atoms with Crippen LogP contribution in [-0.2, 0) is 4.79 Å². The lowest BCUT2D eigenvalue weighted by Crippen LogP contribution is -2.03. The number of hydrogen-bond donors (Lipinski definition) is 0. The zero-order valence-corrected chi connectivity index (χ0v) is 8.91. The predicted molar refractivity (Wildman–Crippen MR) is 57.9 cm³/mol. The number of benzene rings is 1. The molecule has 1 aromatic rings. The van der Waals surface area contributed by atoms with Crippen LogP contribution in [0.1, 0.15) is 27.9 Å². The van der Waals surface area contributed by atoms with Crippen molar-refractivity contribution in [2.75, 3.05) is 6.54 Å². The van der Waals surface area contributed by atoms with Crippen LogP contribution in [0.2, 0.25) is 0 Å². The van der Waals surface area contributed by atoms with Crippen molar-refractivity contribution in [2.24, 2.45) is 4.99 Å². The summed E-state index contributed by atoms with van der Waals surface area (Å²) in [7, 11) is 0. The highest BCUT2D eigenvalue weighted by Gasteiger charge is 2.07. The number of nitrogens with zero attached hydrogens (tertiary/aromatic N) is 1. The second kappa shape index (κ2) is 5.23. The van der Waals surface area contributed by atoms with Crippen LogP contribution in [0.5, 0.6) is 0 Å². The highest BCUT2D eigenvalue weighted by molar-refractivity contribution is 5.97. The Labute approximate surface area is 88.8 Å². The summed E-state index contributed by atoms with van der Waals surface area (Å²) < 4.78 is 0. The standard InChI is InChI=1S/C12H13NO2/c1-9-3-4-11(10(2)7-9)12(15)5-6-13-8-14/h3-4,7H,5-6H2,1-2H3. The molecular weight excluding hydrogens is 190 g/mol. The molecule has 0 aliphatic rings. The minimum atomic E-state index is 0.0199. The van der Waals surface area contributed by atoms with Crippen molar-refractivity contribution in [3.63, 3.8) is 0 Å². The summed E-state index contributed by atoms with van der Waals surface area (Å²) >= 11 is 0. The molecule has 0 aromatic heterocycles. The van der Waals surface area contributed by atoms with Crippen LogP contribution in [0.3, 0.4) is 0 Å². The predicted octanol–water partition coefficient (Wildman–Crippen LogP) is 2.21. The van der Waals surface area contributed by atoms with Gasteiger partial charge in [-0.2, -0.15) is 0 Å². The van der Waals surface area contributed by atoms with Crippen molar-refractivity contribution in [1.29, 1.82) is 0 Å². The highest BCUT2D eigenvalue weighted by atomic mass is 16.1.